The van der Waals surface area contributed by atoms with E-state index in [0.29, 0.717) is 10.6 Å². The van der Waals surface area contributed by atoms with Crippen LogP contribution in [0.4, 0.5) is 0 Å². The number of ether oxygens (including phenoxy) is 1. The summed E-state index contributed by atoms with van der Waals surface area (Å²) in [6.07, 6.45) is 8.33. The van der Waals surface area contributed by atoms with Gasteiger partial charge in [0.1, 0.15) is 5.60 Å². The van der Waals surface area contributed by atoms with Gasteiger partial charge in [0.2, 0.25) is 5.56 Å². The average molecular weight is 546 g/mol. The van der Waals surface area contributed by atoms with E-state index in [1.807, 2.05) is 64.1 Å². The molecule has 1 heterocycles. The summed E-state index contributed by atoms with van der Waals surface area (Å²) < 4.78 is 5.63. The smallest absolute Gasteiger partial charge is 0.338 e. The predicted octanol–water partition coefficient (Wildman–Crippen LogP) is 8.69. The van der Waals surface area contributed by atoms with Gasteiger partial charge in [0.15, 0.2) is 0 Å². The first-order valence-electron chi connectivity index (χ1n) is 13.6. The third kappa shape index (κ3) is 6.62. The summed E-state index contributed by atoms with van der Waals surface area (Å²) in [5.74, 6) is -0.205. The normalized spacial score (nSPS) is 14.8. The maximum absolute atomic E-state index is 12.9. The minimum absolute atomic E-state index is 0.147. The van der Waals surface area contributed by atoms with Gasteiger partial charge in [-0.1, -0.05) is 81.3 Å². The number of nitrogens with one attached hydrogen (secondary N) is 1. The highest BCUT2D eigenvalue weighted by Gasteiger charge is 2.43. The first-order chi connectivity index (χ1) is 18.5. The Morgan fingerprint density at radius 3 is 2.33 bits per heavy atom. The summed E-state index contributed by atoms with van der Waals surface area (Å²) >= 11 is 6.35. The molecule has 0 fully saturated rings. The predicted molar refractivity (Wildman–Crippen MR) is 163 cm³/mol. The van der Waals surface area contributed by atoms with Crippen LogP contribution in [0.1, 0.15) is 71.9 Å². The number of benzene rings is 2. The Morgan fingerprint density at radius 2 is 1.74 bits per heavy atom. The number of H-pyrrole nitrogens is 1. The lowest BCUT2D eigenvalue weighted by Crippen LogP contribution is -2.38. The minimum atomic E-state index is -0.656. The molecular weight excluding hydrogens is 506 g/mol. The molecule has 0 saturated carbocycles. The van der Waals surface area contributed by atoms with E-state index in [-0.39, 0.29) is 17.4 Å². The SMILES string of the molecule is C=C(C=CC(=CC)C(=O)OC(C)(C)C)C(c1ccc(Cl)cc1)(c1cccc2[nH]c(=O)ccc12)C(CC)CCC. The van der Waals surface area contributed by atoms with Crippen LogP contribution in [0.15, 0.2) is 95.3 Å². The molecule has 5 heteroatoms. The van der Waals surface area contributed by atoms with Crippen molar-refractivity contribution in [3.63, 3.8) is 0 Å². The van der Waals surface area contributed by atoms with Crippen molar-refractivity contribution in [1.29, 1.82) is 0 Å². The molecule has 0 amide bonds. The van der Waals surface area contributed by atoms with Crippen LogP contribution in [0.5, 0.6) is 0 Å². The van der Waals surface area contributed by atoms with Crippen molar-refractivity contribution < 1.29 is 9.53 Å². The van der Waals surface area contributed by atoms with Gasteiger partial charge in [-0.25, -0.2) is 4.79 Å². The molecule has 0 saturated heterocycles. The van der Waals surface area contributed by atoms with Gasteiger partial charge in [0.05, 0.1) is 5.57 Å². The number of carbonyl (C=O) groups is 1. The van der Waals surface area contributed by atoms with E-state index >= 15 is 0 Å². The van der Waals surface area contributed by atoms with Gasteiger partial charge in [-0.05, 0) is 87.1 Å². The van der Waals surface area contributed by atoms with E-state index in [1.54, 1.807) is 18.2 Å². The third-order valence-electron chi connectivity index (χ3n) is 7.15. The third-order valence-corrected chi connectivity index (χ3v) is 7.40. The monoisotopic (exact) mass is 545 g/mol. The first-order valence-corrected chi connectivity index (χ1v) is 14.0. The second-order valence-corrected chi connectivity index (χ2v) is 11.3. The van der Waals surface area contributed by atoms with Crippen molar-refractivity contribution in [3.8, 4) is 0 Å². The molecule has 1 N–H and O–H groups in total. The maximum Gasteiger partial charge on any atom is 0.338 e. The van der Waals surface area contributed by atoms with Crippen LogP contribution < -0.4 is 5.56 Å². The number of halogens is 1. The molecule has 0 aliphatic heterocycles. The zero-order valence-electron chi connectivity index (χ0n) is 23.9. The Kier molecular flexibility index (Phi) is 9.79. The Hall–Kier alpha value is -3.37. The molecule has 206 valence electrons. The average Bonchev–Trinajstić information content (AvgIpc) is 2.88. The molecule has 0 aliphatic carbocycles. The zero-order chi connectivity index (χ0) is 28.8. The lowest BCUT2D eigenvalue weighted by molar-refractivity contribution is -0.149. The quantitative estimate of drug-likeness (QED) is 0.157. The molecule has 0 bridgehead atoms. The summed E-state index contributed by atoms with van der Waals surface area (Å²) in [6, 6.07) is 17.4. The van der Waals surface area contributed by atoms with Gasteiger partial charge >= 0.3 is 5.97 Å². The summed E-state index contributed by atoms with van der Waals surface area (Å²) in [4.78, 5) is 28.1. The fraction of sp³-hybridized carbons (Fsp3) is 0.353. The second-order valence-electron chi connectivity index (χ2n) is 10.9. The molecule has 1 aromatic heterocycles. The number of fused-ring (bicyclic) bond motifs is 1. The Labute approximate surface area is 237 Å². The number of pyridine rings is 1. The number of aromatic nitrogens is 1. The molecular formula is C34H40ClNO3. The Balaban J connectivity index is 2.34. The zero-order valence-corrected chi connectivity index (χ0v) is 24.7. The highest BCUT2D eigenvalue weighted by Crippen LogP contribution is 2.50. The number of esters is 1. The molecule has 2 aromatic carbocycles. The van der Waals surface area contributed by atoms with Crippen LogP contribution in [-0.2, 0) is 14.9 Å². The maximum atomic E-state index is 12.9. The van der Waals surface area contributed by atoms with Crippen molar-refractivity contribution in [2.24, 2.45) is 5.92 Å². The molecule has 39 heavy (non-hydrogen) atoms. The van der Waals surface area contributed by atoms with E-state index in [4.69, 9.17) is 16.3 Å². The lowest BCUT2D eigenvalue weighted by Gasteiger charge is -2.44. The number of hydrogen-bond acceptors (Lipinski definition) is 3. The Bertz CT molecular complexity index is 1440. The van der Waals surface area contributed by atoms with Crippen LogP contribution in [-0.4, -0.2) is 16.6 Å². The highest BCUT2D eigenvalue weighted by atomic mass is 35.5. The van der Waals surface area contributed by atoms with Gasteiger partial charge in [0.25, 0.3) is 0 Å². The minimum Gasteiger partial charge on any atom is -0.456 e. The van der Waals surface area contributed by atoms with Crippen LogP contribution >= 0.6 is 11.6 Å². The molecule has 2 unspecified atom stereocenters. The lowest BCUT2D eigenvalue weighted by atomic mass is 9.59. The first kappa shape index (κ1) is 30.2. The number of hydrogen-bond donors (Lipinski definition) is 1. The van der Waals surface area contributed by atoms with Crippen molar-refractivity contribution in [2.45, 2.75) is 71.8 Å². The van der Waals surface area contributed by atoms with Crippen molar-refractivity contribution in [3.05, 3.63) is 117 Å². The van der Waals surface area contributed by atoms with Crippen LogP contribution in [0.25, 0.3) is 10.9 Å². The van der Waals surface area contributed by atoms with Gasteiger partial charge < -0.3 is 9.72 Å². The second kappa shape index (κ2) is 12.7. The van der Waals surface area contributed by atoms with Crippen LogP contribution in [0.2, 0.25) is 5.02 Å². The van der Waals surface area contributed by atoms with Gasteiger partial charge in [-0.15, -0.1) is 0 Å². The summed E-state index contributed by atoms with van der Waals surface area (Å²) in [5, 5.41) is 1.61. The highest BCUT2D eigenvalue weighted by molar-refractivity contribution is 6.30. The molecule has 3 aromatic rings. The van der Waals surface area contributed by atoms with Crippen molar-refractivity contribution >= 4 is 28.5 Å². The number of aromatic amines is 1. The molecule has 3 rings (SSSR count). The fourth-order valence-electron chi connectivity index (χ4n) is 5.49. The van der Waals surface area contributed by atoms with Gasteiger partial charge in [-0.2, -0.15) is 0 Å². The van der Waals surface area contributed by atoms with Crippen LogP contribution in [0, 0.1) is 5.92 Å². The fourth-order valence-corrected chi connectivity index (χ4v) is 5.62. The molecule has 4 nitrogen and oxygen atoms in total. The summed E-state index contributed by atoms with van der Waals surface area (Å²) in [7, 11) is 0. The van der Waals surface area contributed by atoms with Gasteiger partial charge in [-0.3, -0.25) is 4.79 Å². The van der Waals surface area contributed by atoms with Gasteiger partial charge in [0, 0.05) is 27.4 Å². The van der Waals surface area contributed by atoms with Crippen LogP contribution in [0.3, 0.4) is 0 Å². The van der Waals surface area contributed by atoms with Crippen molar-refractivity contribution in [1.82, 2.24) is 4.98 Å². The summed E-state index contributed by atoms with van der Waals surface area (Å²) in [6.45, 7) is 16.4. The largest absolute Gasteiger partial charge is 0.456 e. The van der Waals surface area contributed by atoms with E-state index in [1.165, 1.54) is 0 Å². The molecule has 0 aliphatic rings. The topological polar surface area (TPSA) is 59.2 Å². The summed E-state index contributed by atoms with van der Waals surface area (Å²) in [5.41, 5.74) is 2.77. The molecule has 0 spiro atoms. The van der Waals surface area contributed by atoms with E-state index in [0.717, 1.165) is 46.9 Å². The standard InChI is InChI=1S/C34H40ClNO3/c1-8-12-25(10-3)34(26-17-19-27(35)20-18-26,29-13-11-14-30-28(29)21-22-31(37)36-30)23(4)15-16-24(9-2)32(38)39-33(5,6)7/h9,11,13-22,25H,4,8,10,12H2,1-3,5-7H3,(H,36,37). The Morgan fingerprint density at radius 1 is 1.05 bits per heavy atom. The van der Waals surface area contributed by atoms with E-state index in [2.05, 4.69) is 43.6 Å². The number of allylic oxidation sites excluding steroid dienone is 3. The van der Waals surface area contributed by atoms with E-state index in [9.17, 15) is 9.59 Å². The van der Waals surface area contributed by atoms with Crippen molar-refractivity contribution in [2.75, 3.05) is 0 Å². The molecule has 0 radical (unpaired) electrons. The number of carbonyl (C=O) groups excluding carboxylic acids is 1. The number of rotatable bonds is 10. The van der Waals surface area contributed by atoms with E-state index < -0.39 is 11.0 Å². The molecule has 2 atom stereocenters.